The largest absolute Gasteiger partial charge is 0.355 e. The molecule has 1 atom stereocenters. The van der Waals surface area contributed by atoms with Gasteiger partial charge in [0.05, 0.1) is 5.75 Å². The second-order valence-corrected chi connectivity index (χ2v) is 5.84. The van der Waals surface area contributed by atoms with Crippen LogP contribution in [0.4, 0.5) is 0 Å². The molecule has 0 spiro atoms. The average molecular weight is 235 g/mol. The van der Waals surface area contributed by atoms with E-state index in [-0.39, 0.29) is 5.75 Å². The Bertz CT molecular complexity index is 298. The molecule has 0 aromatic rings. The Morgan fingerprint density at radius 1 is 1.47 bits per heavy atom. The lowest BCUT2D eigenvalue weighted by Gasteiger charge is -2.15. The summed E-state index contributed by atoms with van der Waals surface area (Å²) in [6, 6.07) is 0.328. The van der Waals surface area contributed by atoms with Gasteiger partial charge >= 0.3 is 0 Å². The maximum atomic E-state index is 10.9. The minimum absolute atomic E-state index is 0.119. The summed E-state index contributed by atoms with van der Waals surface area (Å²) in [5.41, 5.74) is 0. The highest BCUT2D eigenvalue weighted by atomic mass is 32.2. The third kappa shape index (κ3) is 8.23. The van der Waals surface area contributed by atoms with Crippen molar-refractivity contribution >= 4 is 15.8 Å². The van der Waals surface area contributed by atoms with Crippen molar-refractivity contribution in [1.29, 1.82) is 0 Å². The van der Waals surface area contributed by atoms with Gasteiger partial charge in [0.15, 0.2) is 5.96 Å². The summed E-state index contributed by atoms with van der Waals surface area (Å²) >= 11 is 0. The second kappa shape index (κ2) is 6.66. The average Bonchev–Trinajstić information content (AvgIpc) is 2.14. The van der Waals surface area contributed by atoms with Gasteiger partial charge in [-0.3, -0.25) is 4.99 Å². The van der Waals surface area contributed by atoms with Gasteiger partial charge in [0.1, 0.15) is 9.84 Å². The number of rotatable bonds is 5. The molecule has 6 heteroatoms. The first-order valence-electron chi connectivity index (χ1n) is 5.04. The number of sulfone groups is 1. The van der Waals surface area contributed by atoms with Crippen molar-refractivity contribution in [2.45, 2.75) is 26.3 Å². The Hall–Kier alpha value is -0.780. The molecule has 0 aromatic heterocycles. The van der Waals surface area contributed by atoms with Gasteiger partial charge in [0, 0.05) is 25.9 Å². The van der Waals surface area contributed by atoms with E-state index in [9.17, 15) is 8.42 Å². The minimum Gasteiger partial charge on any atom is -0.355 e. The Kier molecular flexibility index (Phi) is 6.31. The topological polar surface area (TPSA) is 70.6 Å². The molecule has 0 rings (SSSR count). The normalized spacial score (nSPS) is 14.8. The standard InChI is InChI=1S/C9H21N3O2S/c1-5-8(2)12-9(10-3)11-6-7-15(4,13)14/h8H,5-7H2,1-4H3,(H2,10,11,12). The van der Waals surface area contributed by atoms with E-state index in [1.807, 2.05) is 6.92 Å². The quantitative estimate of drug-likeness (QED) is 0.519. The summed E-state index contributed by atoms with van der Waals surface area (Å²) in [7, 11) is -1.24. The third-order valence-electron chi connectivity index (χ3n) is 1.98. The smallest absolute Gasteiger partial charge is 0.191 e. The molecule has 0 fully saturated rings. The first-order valence-corrected chi connectivity index (χ1v) is 7.10. The number of hydrogen-bond acceptors (Lipinski definition) is 3. The Labute approximate surface area is 92.3 Å². The van der Waals surface area contributed by atoms with Gasteiger partial charge in [0.25, 0.3) is 0 Å². The predicted octanol–water partition coefficient (Wildman–Crippen LogP) is -0.00550. The summed E-state index contributed by atoms with van der Waals surface area (Å²) in [5.74, 6) is 0.766. The van der Waals surface area contributed by atoms with Crippen molar-refractivity contribution in [2.75, 3.05) is 25.6 Å². The maximum Gasteiger partial charge on any atom is 0.191 e. The molecule has 1 unspecified atom stereocenters. The van der Waals surface area contributed by atoms with Gasteiger partial charge in [-0.25, -0.2) is 8.42 Å². The van der Waals surface area contributed by atoms with Crippen molar-refractivity contribution in [3.8, 4) is 0 Å². The fraction of sp³-hybridized carbons (Fsp3) is 0.889. The molecule has 15 heavy (non-hydrogen) atoms. The first-order chi connectivity index (χ1) is 6.89. The van der Waals surface area contributed by atoms with Crippen LogP contribution in [0.25, 0.3) is 0 Å². The van der Waals surface area contributed by atoms with Crippen LogP contribution in [0.3, 0.4) is 0 Å². The van der Waals surface area contributed by atoms with Gasteiger partial charge in [-0.1, -0.05) is 6.92 Å². The van der Waals surface area contributed by atoms with Gasteiger partial charge in [-0.15, -0.1) is 0 Å². The SMILES string of the molecule is CCC(C)NC(=NC)NCCS(C)(=O)=O. The highest BCUT2D eigenvalue weighted by Crippen LogP contribution is 1.87. The summed E-state index contributed by atoms with van der Waals surface area (Å²) in [5, 5.41) is 6.10. The number of nitrogens with zero attached hydrogens (tertiary/aromatic N) is 1. The number of hydrogen-bond donors (Lipinski definition) is 2. The van der Waals surface area contributed by atoms with E-state index in [1.54, 1.807) is 7.05 Å². The lowest BCUT2D eigenvalue weighted by molar-refractivity contribution is 0.599. The van der Waals surface area contributed by atoms with Crippen molar-refractivity contribution < 1.29 is 8.42 Å². The van der Waals surface area contributed by atoms with E-state index in [0.717, 1.165) is 6.42 Å². The third-order valence-corrected chi connectivity index (χ3v) is 2.93. The van der Waals surface area contributed by atoms with E-state index in [4.69, 9.17) is 0 Å². The fourth-order valence-corrected chi connectivity index (χ4v) is 1.36. The highest BCUT2D eigenvalue weighted by molar-refractivity contribution is 7.90. The first kappa shape index (κ1) is 14.2. The zero-order valence-electron chi connectivity index (χ0n) is 9.87. The molecule has 0 saturated carbocycles. The number of nitrogens with one attached hydrogen (secondary N) is 2. The maximum absolute atomic E-state index is 10.9. The lowest BCUT2D eigenvalue weighted by Crippen LogP contribution is -2.43. The molecular weight excluding hydrogens is 214 g/mol. The number of guanidine groups is 1. The number of aliphatic imine (C=N–C) groups is 1. The lowest BCUT2D eigenvalue weighted by atomic mass is 10.3. The fourth-order valence-electron chi connectivity index (χ4n) is 0.885. The Morgan fingerprint density at radius 3 is 2.47 bits per heavy atom. The van der Waals surface area contributed by atoms with Crippen LogP contribution in [0.2, 0.25) is 0 Å². The molecule has 2 N–H and O–H groups in total. The minimum atomic E-state index is -2.91. The highest BCUT2D eigenvalue weighted by Gasteiger charge is 2.04. The molecule has 0 aromatic carbocycles. The van der Waals surface area contributed by atoms with Gasteiger partial charge in [-0.2, -0.15) is 0 Å². The second-order valence-electron chi connectivity index (χ2n) is 3.58. The van der Waals surface area contributed by atoms with Crippen molar-refractivity contribution in [2.24, 2.45) is 4.99 Å². The zero-order chi connectivity index (χ0) is 11.9. The van der Waals surface area contributed by atoms with Crippen LogP contribution in [0.15, 0.2) is 4.99 Å². The summed E-state index contributed by atoms with van der Waals surface area (Å²) < 4.78 is 21.8. The van der Waals surface area contributed by atoms with Crippen LogP contribution in [0.5, 0.6) is 0 Å². The zero-order valence-corrected chi connectivity index (χ0v) is 10.7. The molecule has 0 heterocycles. The predicted molar refractivity (Wildman–Crippen MR) is 64.0 cm³/mol. The van der Waals surface area contributed by atoms with Crippen molar-refractivity contribution in [3.63, 3.8) is 0 Å². The molecule has 0 aliphatic carbocycles. The Morgan fingerprint density at radius 2 is 2.07 bits per heavy atom. The van der Waals surface area contributed by atoms with E-state index in [2.05, 4.69) is 22.5 Å². The van der Waals surface area contributed by atoms with Crippen molar-refractivity contribution in [3.05, 3.63) is 0 Å². The molecule has 0 bridgehead atoms. The van der Waals surface area contributed by atoms with Crippen LogP contribution in [-0.4, -0.2) is 46.0 Å². The summed E-state index contributed by atoms with van der Waals surface area (Å²) in [6.07, 6.45) is 2.21. The van der Waals surface area contributed by atoms with E-state index >= 15 is 0 Å². The molecular formula is C9H21N3O2S. The van der Waals surface area contributed by atoms with Crippen LogP contribution < -0.4 is 10.6 Å². The molecule has 90 valence electrons. The van der Waals surface area contributed by atoms with E-state index in [1.165, 1.54) is 6.26 Å². The van der Waals surface area contributed by atoms with Gasteiger partial charge < -0.3 is 10.6 Å². The van der Waals surface area contributed by atoms with E-state index in [0.29, 0.717) is 18.5 Å². The molecule has 5 nitrogen and oxygen atoms in total. The van der Waals surface area contributed by atoms with Crippen LogP contribution in [-0.2, 0) is 9.84 Å². The monoisotopic (exact) mass is 235 g/mol. The molecule has 0 aliphatic rings. The van der Waals surface area contributed by atoms with Gasteiger partial charge in [-0.05, 0) is 13.3 Å². The van der Waals surface area contributed by atoms with Crippen LogP contribution >= 0.6 is 0 Å². The summed E-state index contributed by atoms with van der Waals surface area (Å²) in [6.45, 7) is 4.50. The molecule has 0 saturated heterocycles. The Balaban J connectivity index is 3.93. The van der Waals surface area contributed by atoms with Crippen LogP contribution in [0.1, 0.15) is 20.3 Å². The van der Waals surface area contributed by atoms with E-state index < -0.39 is 9.84 Å². The molecule has 0 aliphatic heterocycles. The van der Waals surface area contributed by atoms with Crippen molar-refractivity contribution in [1.82, 2.24) is 10.6 Å². The van der Waals surface area contributed by atoms with Gasteiger partial charge in [0.2, 0.25) is 0 Å². The summed E-state index contributed by atoms with van der Waals surface area (Å²) in [4.78, 5) is 4.00. The molecule has 0 radical (unpaired) electrons. The molecule has 0 amide bonds. The van der Waals surface area contributed by atoms with Crippen LogP contribution in [0, 0.1) is 0 Å².